The van der Waals surface area contributed by atoms with Gasteiger partial charge in [0.1, 0.15) is 16.5 Å². The molecule has 4 aliphatic carbocycles. The van der Waals surface area contributed by atoms with Gasteiger partial charge in [0.25, 0.3) is 6.10 Å². The number of esters is 2. The number of hydrogen-bond acceptors (Lipinski definition) is 8. The number of hydrogen-bond donors (Lipinski definition) is 1. The number of halogens is 5. The van der Waals surface area contributed by atoms with Gasteiger partial charge in [-0.15, -0.1) is 0 Å². The molecule has 4 bridgehead atoms. The predicted octanol–water partition coefficient (Wildman–Crippen LogP) is 7.90. The maximum atomic E-state index is 13.8. The highest BCUT2D eigenvalue weighted by molar-refractivity contribution is 7.97. The van der Waals surface area contributed by atoms with Crippen LogP contribution in [0.4, 0.5) is 33.3 Å². The smallest absolute Gasteiger partial charge is 0.432 e. The summed E-state index contributed by atoms with van der Waals surface area (Å²) in [6.45, 7) is 4.86. The van der Waals surface area contributed by atoms with Crippen LogP contribution in [0.2, 0.25) is 0 Å². The first kappa shape index (κ1) is 36.8. The first-order valence-corrected chi connectivity index (χ1v) is 18.7. The molecule has 3 aromatic carbocycles. The van der Waals surface area contributed by atoms with Crippen molar-refractivity contribution in [1.29, 1.82) is 0 Å². The van der Waals surface area contributed by atoms with E-state index < -0.39 is 50.6 Å². The third-order valence-corrected chi connectivity index (χ3v) is 12.9. The molecule has 0 amide bonds. The van der Waals surface area contributed by atoms with Gasteiger partial charge in [-0.3, -0.25) is 4.79 Å². The molecular formula is C36H34F5NO7S2. The molecule has 4 fully saturated rings. The average Bonchev–Trinajstić information content (AvgIpc) is 3.04. The highest BCUT2D eigenvalue weighted by atomic mass is 32.2. The fraction of sp³-hybridized carbons (Fsp3) is 0.389. The van der Waals surface area contributed by atoms with Crippen LogP contribution in [0.25, 0.3) is 0 Å². The van der Waals surface area contributed by atoms with E-state index in [9.17, 15) is 44.5 Å². The number of ether oxygens (including phenoxy) is 2. The van der Waals surface area contributed by atoms with Gasteiger partial charge >= 0.3 is 23.4 Å². The molecule has 51 heavy (non-hydrogen) atoms. The number of rotatable bonds is 7. The summed E-state index contributed by atoms with van der Waals surface area (Å²) >= 11 is 0. The lowest BCUT2D eigenvalue weighted by atomic mass is 9.48. The molecule has 272 valence electrons. The van der Waals surface area contributed by atoms with Crippen molar-refractivity contribution < 1.29 is 54.0 Å². The maximum absolute atomic E-state index is 13.8. The van der Waals surface area contributed by atoms with Crippen molar-refractivity contribution in [3.05, 3.63) is 91.0 Å². The minimum absolute atomic E-state index is 0.0204. The van der Waals surface area contributed by atoms with Crippen molar-refractivity contribution in [3.8, 4) is 0 Å². The third-order valence-electron chi connectivity index (χ3n) is 9.72. The molecule has 1 N–H and O–H groups in total. The number of anilines is 2. The summed E-state index contributed by atoms with van der Waals surface area (Å²) < 4.78 is 109. The zero-order valence-corrected chi connectivity index (χ0v) is 28.9. The summed E-state index contributed by atoms with van der Waals surface area (Å²) in [7, 11) is -6.80. The van der Waals surface area contributed by atoms with E-state index in [1.54, 1.807) is 0 Å². The zero-order chi connectivity index (χ0) is 37.0. The van der Waals surface area contributed by atoms with Crippen LogP contribution in [-0.4, -0.2) is 48.0 Å². The summed E-state index contributed by atoms with van der Waals surface area (Å²) in [5, 5.41) is -2.36. The summed E-state index contributed by atoms with van der Waals surface area (Å²) in [6.07, 6.45) is -9.33. The van der Waals surface area contributed by atoms with Crippen LogP contribution < -0.4 is 5.32 Å². The van der Waals surface area contributed by atoms with E-state index >= 15 is 0 Å². The van der Waals surface area contributed by atoms with Crippen LogP contribution in [0.15, 0.2) is 106 Å². The van der Waals surface area contributed by atoms with E-state index in [1.165, 1.54) is 33.0 Å². The molecule has 5 aliphatic rings. The second-order valence-corrected chi connectivity index (χ2v) is 17.1. The van der Waals surface area contributed by atoms with Gasteiger partial charge in [0, 0.05) is 12.0 Å². The Morgan fingerprint density at radius 1 is 0.882 bits per heavy atom. The van der Waals surface area contributed by atoms with Gasteiger partial charge in [-0.25, -0.2) is 13.2 Å². The van der Waals surface area contributed by atoms with Crippen LogP contribution in [0.5, 0.6) is 0 Å². The van der Waals surface area contributed by atoms with Gasteiger partial charge in [-0.2, -0.15) is 22.0 Å². The monoisotopic (exact) mass is 751 g/mol. The summed E-state index contributed by atoms with van der Waals surface area (Å²) in [4.78, 5) is 29.0. The molecular weight excluding hydrogens is 718 g/mol. The second kappa shape index (κ2) is 13.2. The van der Waals surface area contributed by atoms with Gasteiger partial charge < -0.3 is 19.3 Å². The van der Waals surface area contributed by atoms with E-state index in [0.717, 1.165) is 0 Å². The van der Waals surface area contributed by atoms with E-state index in [1.807, 2.05) is 0 Å². The number of para-hydroxylation sites is 2. The molecule has 3 atom stereocenters. The van der Waals surface area contributed by atoms with Gasteiger partial charge in [-0.05, 0) is 87.3 Å². The van der Waals surface area contributed by atoms with Crippen molar-refractivity contribution in [2.45, 2.75) is 83.3 Å². The Bertz CT molecular complexity index is 1890. The number of nitrogens with one attached hydrogen (secondary N) is 1. The number of carbonyl (C=O) groups excluding carboxylic acids is 2. The molecule has 0 aromatic heterocycles. The molecule has 8 rings (SSSR count). The SMILES string of the molecule is C=C(C)C(=O)OC12CC3CC(C1)CC(C(=O)OC(C(F)(F)F)C(F)(F)S(=O)(=O)[O-])(C3)C2.c1ccc([S+]2c3ccccc3Nc3ccccc32)cc1. The minimum atomic E-state index is -6.78. The molecule has 15 heteroatoms. The molecule has 3 aromatic rings. The van der Waals surface area contributed by atoms with E-state index in [4.69, 9.17) is 4.74 Å². The molecule has 1 heterocycles. The van der Waals surface area contributed by atoms with Crippen molar-refractivity contribution in [1.82, 2.24) is 0 Å². The number of carbonyl (C=O) groups is 2. The normalized spacial score (nSPS) is 25.6. The van der Waals surface area contributed by atoms with Crippen molar-refractivity contribution in [3.63, 3.8) is 0 Å². The van der Waals surface area contributed by atoms with Gasteiger partial charge in [0.2, 0.25) is 0 Å². The second-order valence-electron chi connectivity index (χ2n) is 13.7. The van der Waals surface area contributed by atoms with Gasteiger partial charge in [-0.1, -0.05) is 49.0 Å². The highest BCUT2D eigenvalue weighted by Gasteiger charge is 2.67. The quantitative estimate of drug-likeness (QED) is 0.0666. The van der Waals surface area contributed by atoms with Crippen molar-refractivity contribution in [2.75, 3.05) is 5.32 Å². The lowest BCUT2D eigenvalue weighted by molar-refractivity contribution is -0.269. The Morgan fingerprint density at radius 3 is 1.88 bits per heavy atom. The van der Waals surface area contributed by atoms with Crippen LogP contribution in [0.3, 0.4) is 0 Å². The summed E-state index contributed by atoms with van der Waals surface area (Å²) in [5.41, 5.74) is -0.326. The van der Waals surface area contributed by atoms with Gasteiger partial charge in [0.15, 0.2) is 24.8 Å². The van der Waals surface area contributed by atoms with Crippen LogP contribution in [0, 0.1) is 17.3 Å². The lowest BCUT2D eigenvalue weighted by Gasteiger charge is -2.59. The average molecular weight is 752 g/mol. The lowest BCUT2D eigenvalue weighted by Crippen LogP contribution is -2.61. The van der Waals surface area contributed by atoms with Crippen molar-refractivity contribution >= 4 is 44.3 Å². The largest absolute Gasteiger partial charge is 0.743 e. The summed E-state index contributed by atoms with van der Waals surface area (Å²) in [5.74, 6) is -2.87. The number of benzene rings is 3. The first-order valence-electron chi connectivity index (χ1n) is 16.1. The summed E-state index contributed by atoms with van der Waals surface area (Å²) in [6, 6.07) is 28.0. The molecule has 3 unspecified atom stereocenters. The fourth-order valence-corrected chi connectivity index (χ4v) is 10.8. The standard InChI is InChI=1S/C18H21F5O7S.C18H14NS/c1-9(2)12(24)30-16-6-10-3-11(7-16)5-15(4-10,8-16)14(25)29-13(17(19,20)21)18(22,23)31(26,27)28;1-2-8-14(9-3-1)20-17-12-6-4-10-15(17)19-16-11-5-7-13-18(16)20/h10-11,13H,1,3-8H2,2H3,(H,26,27,28);1-13,19H/q;+1/p-1. The molecule has 8 nitrogen and oxygen atoms in total. The van der Waals surface area contributed by atoms with Crippen LogP contribution in [0.1, 0.15) is 45.4 Å². The minimum Gasteiger partial charge on any atom is -0.743 e. The Balaban J connectivity index is 0.000000191. The third kappa shape index (κ3) is 7.12. The maximum Gasteiger partial charge on any atom is 0.432 e. The molecule has 0 spiro atoms. The van der Waals surface area contributed by atoms with Crippen LogP contribution >= 0.6 is 0 Å². The Kier molecular flexibility index (Phi) is 9.55. The van der Waals surface area contributed by atoms with E-state index in [-0.39, 0.29) is 47.6 Å². The Morgan fingerprint density at radius 2 is 1.39 bits per heavy atom. The topological polar surface area (TPSA) is 122 Å². The van der Waals surface area contributed by atoms with Crippen molar-refractivity contribution in [2.24, 2.45) is 17.3 Å². The fourth-order valence-electron chi connectivity index (χ4n) is 8.08. The molecule has 4 saturated carbocycles. The number of fused-ring (bicyclic) bond motifs is 2. The molecule has 1 aliphatic heterocycles. The number of alkyl halides is 5. The predicted molar refractivity (Wildman–Crippen MR) is 176 cm³/mol. The van der Waals surface area contributed by atoms with E-state index in [2.05, 4.69) is 95.5 Å². The first-order chi connectivity index (χ1) is 23.8. The van der Waals surface area contributed by atoms with Crippen LogP contribution in [-0.2, 0) is 40.1 Å². The molecule has 0 radical (unpaired) electrons. The Labute approximate surface area is 294 Å². The highest BCUT2D eigenvalue weighted by Crippen LogP contribution is 2.63. The zero-order valence-electron chi connectivity index (χ0n) is 27.3. The van der Waals surface area contributed by atoms with E-state index in [0.29, 0.717) is 19.3 Å². The molecule has 0 saturated heterocycles. The Hall–Kier alpha value is -3.95. The van der Waals surface area contributed by atoms with Gasteiger partial charge in [0.05, 0.1) is 16.8 Å².